The van der Waals surface area contributed by atoms with Gasteiger partial charge in [0, 0.05) is 12.2 Å². The Morgan fingerprint density at radius 1 is 1.40 bits per heavy atom. The van der Waals surface area contributed by atoms with Crippen molar-refractivity contribution in [2.24, 2.45) is 0 Å². The fourth-order valence-electron chi connectivity index (χ4n) is 1.79. The van der Waals surface area contributed by atoms with E-state index >= 15 is 0 Å². The quantitative estimate of drug-likeness (QED) is 0.708. The summed E-state index contributed by atoms with van der Waals surface area (Å²) >= 11 is 0. The Morgan fingerprint density at radius 2 is 2.13 bits per heavy atom. The van der Waals surface area contributed by atoms with E-state index in [1.165, 1.54) is 0 Å². The molecule has 0 aromatic carbocycles. The molecule has 0 aliphatic carbocycles. The smallest absolute Gasteiger partial charge is 0.282 e. The highest BCUT2D eigenvalue weighted by Gasteiger charge is 2.10. The highest BCUT2D eigenvalue weighted by molar-refractivity contribution is 5.73. The number of pyridine rings is 1. The topological polar surface area (TPSA) is 47.8 Å². The minimum absolute atomic E-state index is 0.201. The van der Waals surface area contributed by atoms with Crippen LogP contribution >= 0.6 is 0 Å². The third-order valence-electron chi connectivity index (χ3n) is 2.37. The van der Waals surface area contributed by atoms with E-state index in [9.17, 15) is 4.79 Å². The number of aryl methyl sites for hydroxylation is 1. The first-order valence-corrected chi connectivity index (χ1v) is 4.95. The van der Waals surface area contributed by atoms with Crippen LogP contribution in [0.3, 0.4) is 0 Å². The fourth-order valence-corrected chi connectivity index (χ4v) is 1.79. The number of aromatic nitrogens is 3. The maximum atomic E-state index is 11.6. The molecule has 0 spiro atoms. The van der Waals surface area contributed by atoms with Gasteiger partial charge < -0.3 is 4.57 Å². The van der Waals surface area contributed by atoms with Gasteiger partial charge in [0.25, 0.3) is 5.56 Å². The second-order valence-corrected chi connectivity index (χ2v) is 3.80. The standard InChI is InChI=1S/C11H13N3O/c1-7(2)14-8(3)13-11(15)9-5-4-6-12-10(9)14/h4-7H,1-3H3. The van der Waals surface area contributed by atoms with Crippen LogP contribution in [0.4, 0.5) is 0 Å². The molecule has 0 saturated carbocycles. The molecule has 0 aliphatic heterocycles. The first kappa shape index (κ1) is 9.83. The molecule has 4 nitrogen and oxygen atoms in total. The van der Waals surface area contributed by atoms with Crippen molar-refractivity contribution in [3.8, 4) is 0 Å². The third-order valence-corrected chi connectivity index (χ3v) is 2.37. The van der Waals surface area contributed by atoms with Crippen molar-refractivity contribution in [3.05, 3.63) is 34.5 Å². The van der Waals surface area contributed by atoms with Gasteiger partial charge in [-0.15, -0.1) is 0 Å². The lowest BCUT2D eigenvalue weighted by atomic mass is 10.3. The van der Waals surface area contributed by atoms with Gasteiger partial charge in [-0.1, -0.05) is 0 Å². The van der Waals surface area contributed by atoms with Gasteiger partial charge in [-0.2, -0.15) is 4.98 Å². The molecular weight excluding hydrogens is 190 g/mol. The number of nitrogens with zero attached hydrogens (tertiary/aromatic N) is 3. The van der Waals surface area contributed by atoms with Crippen LogP contribution in [0.5, 0.6) is 0 Å². The zero-order chi connectivity index (χ0) is 11.0. The van der Waals surface area contributed by atoms with Crippen LogP contribution in [-0.2, 0) is 0 Å². The van der Waals surface area contributed by atoms with E-state index in [0.29, 0.717) is 16.9 Å². The lowest BCUT2D eigenvalue weighted by Gasteiger charge is -2.15. The van der Waals surface area contributed by atoms with E-state index < -0.39 is 0 Å². The average Bonchev–Trinajstić information content (AvgIpc) is 2.17. The van der Waals surface area contributed by atoms with Crippen molar-refractivity contribution in [2.45, 2.75) is 26.8 Å². The van der Waals surface area contributed by atoms with Crippen LogP contribution in [0.2, 0.25) is 0 Å². The Morgan fingerprint density at radius 3 is 2.80 bits per heavy atom. The van der Waals surface area contributed by atoms with E-state index in [1.807, 2.05) is 25.3 Å². The molecular formula is C11H13N3O. The first-order chi connectivity index (χ1) is 7.11. The molecule has 4 heteroatoms. The molecule has 0 unspecified atom stereocenters. The van der Waals surface area contributed by atoms with Crippen molar-refractivity contribution in [3.63, 3.8) is 0 Å². The Balaban J connectivity index is 2.96. The molecule has 0 aliphatic rings. The van der Waals surface area contributed by atoms with Gasteiger partial charge in [-0.05, 0) is 32.9 Å². The van der Waals surface area contributed by atoms with Crippen LogP contribution in [0.25, 0.3) is 11.0 Å². The zero-order valence-corrected chi connectivity index (χ0v) is 9.06. The summed E-state index contributed by atoms with van der Waals surface area (Å²) in [7, 11) is 0. The second-order valence-electron chi connectivity index (χ2n) is 3.80. The molecule has 0 radical (unpaired) electrons. The van der Waals surface area contributed by atoms with Gasteiger partial charge >= 0.3 is 0 Å². The number of fused-ring (bicyclic) bond motifs is 1. The Kier molecular flexibility index (Phi) is 2.26. The highest BCUT2D eigenvalue weighted by atomic mass is 16.1. The summed E-state index contributed by atoms with van der Waals surface area (Å²) in [6.07, 6.45) is 1.69. The summed E-state index contributed by atoms with van der Waals surface area (Å²) in [6, 6.07) is 3.76. The Labute approximate surface area is 87.6 Å². The van der Waals surface area contributed by atoms with Gasteiger partial charge in [-0.3, -0.25) is 4.79 Å². The summed E-state index contributed by atoms with van der Waals surface area (Å²) in [5, 5.41) is 0.580. The maximum absolute atomic E-state index is 11.6. The van der Waals surface area contributed by atoms with E-state index in [4.69, 9.17) is 0 Å². The second kappa shape index (κ2) is 3.46. The third kappa shape index (κ3) is 1.52. The molecule has 0 saturated heterocycles. The molecule has 2 heterocycles. The Bertz CT molecular complexity index is 557. The minimum atomic E-state index is -0.201. The van der Waals surface area contributed by atoms with E-state index in [2.05, 4.69) is 9.97 Å². The molecule has 2 aromatic rings. The van der Waals surface area contributed by atoms with Crippen LogP contribution in [-0.4, -0.2) is 14.5 Å². The van der Waals surface area contributed by atoms with Crippen molar-refractivity contribution in [2.75, 3.05) is 0 Å². The molecule has 78 valence electrons. The fraction of sp³-hybridized carbons (Fsp3) is 0.364. The Hall–Kier alpha value is -1.71. The largest absolute Gasteiger partial charge is 0.311 e. The van der Waals surface area contributed by atoms with Gasteiger partial charge in [0.05, 0.1) is 5.39 Å². The zero-order valence-electron chi connectivity index (χ0n) is 9.06. The number of hydrogen-bond donors (Lipinski definition) is 0. The van der Waals surface area contributed by atoms with Crippen LogP contribution in [0, 0.1) is 6.92 Å². The van der Waals surface area contributed by atoms with Crippen molar-refractivity contribution < 1.29 is 0 Å². The van der Waals surface area contributed by atoms with Crippen LogP contribution in [0.1, 0.15) is 25.7 Å². The summed E-state index contributed by atoms with van der Waals surface area (Å²) in [5.41, 5.74) is 0.512. The summed E-state index contributed by atoms with van der Waals surface area (Å²) in [4.78, 5) is 19.8. The van der Waals surface area contributed by atoms with Crippen LogP contribution in [0.15, 0.2) is 23.1 Å². The molecule has 0 N–H and O–H groups in total. The monoisotopic (exact) mass is 203 g/mol. The number of rotatable bonds is 1. The van der Waals surface area contributed by atoms with Gasteiger partial charge in [-0.25, -0.2) is 4.98 Å². The van der Waals surface area contributed by atoms with E-state index in [0.717, 1.165) is 0 Å². The highest BCUT2D eigenvalue weighted by Crippen LogP contribution is 2.13. The molecule has 0 fully saturated rings. The van der Waals surface area contributed by atoms with Crippen molar-refractivity contribution >= 4 is 11.0 Å². The minimum Gasteiger partial charge on any atom is -0.311 e. The number of hydrogen-bond acceptors (Lipinski definition) is 3. The van der Waals surface area contributed by atoms with E-state index in [1.54, 1.807) is 18.3 Å². The molecule has 2 aromatic heterocycles. The van der Waals surface area contributed by atoms with Gasteiger partial charge in [0.1, 0.15) is 11.5 Å². The van der Waals surface area contributed by atoms with E-state index in [-0.39, 0.29) is 11.6 Å². The normalized spacial score (nSPS) is 11.2. The average molecular weight is 203 g/mol. The maximum Gasteiger partial charge on any atom is 0.282 e. The molecule has 0 bridgehead atoms. The molecule has 0 atom stereocenters. The van der Waals surface area contributed by atoms with Crippen molar-refractivity contribution in [1.82, 2.24) is 14.5 Å². The lowest BCUT2D eigenvalue weighted by molar-refractivity contribution is 0.582. The van der Waals surface area contributed by atoms with Gasteiger partial charge in [0.15, 0.2) is 0 Å². The predicted octanol–water partition coefficient (Wildman–Crippen LogP) is 1.68. The lowest BCUT2D eigenvalue weighted by Crippen LogP contribution is -2.18. The SMILES string of the molecule is Cc1nc(=O)c2cccnc2n1C(C)C. The van der Waals surface area contributed by atoms with Gasteiger partial charge in [0.2, 0.25) is 0 Å². The molecule has 15 heavy (non-hydrogen) atoms. The molecule has 2 rings (SSSR count). The predicted molar refractivity (Wildman–Crippen MR) is 58.9 cm³/mol. The molecule has 0 amide bonds. The van der Waals surface area contributed by atoms with Crippen molar-refractivity contribution in [1.29, 1.82) is 0 Å². The summed E-state index contributed by atoms with van der Waals surface area (Å²) in [6.45, 7) is 5.93. The van der Waals surface area contributed by atoms with Crippen LogP contribution < -0.4 is 5.56 Å². The first-order valence-electron chi connectivity index (χ1n) is 4.95. The summed E-state index contributed by atoms with van der Waals surface area (Å²) in [5.74, 6) is 0.709. The summed E-state index contributed by atoms with van der Waals surface area (Å²) < 4.78 is 1.97.